The number of hydrogen-bond donors (Lipinski definition) is 0. The van der Waals surface area contributed by atoms with Gasteiger partial charge in [-0.1, -0.05) is 55.4 Å². The Morgan fingerprint density at radius 1 is 0.774 bits per heavy atom. The third-order valence-corrected chi connectivity index (χ3v) is 7.14. The first kappa shape index (κ1) is 28.9. The van der Waals surface area contributed by atoms with Crippen LogP contribution in [0, 0.1) is 35.0 Å². The molecule has 1 aliphatic carbocycles. The van der Waals surface area contributed by atoms with Crippen LogP contribution in [-0.2, 0) is 9.47 Å². The van der Waals surface area contributed by atoms with Crippen LogP contribution in [0.5, 0.6) is 0 Å². The second kappa shape index (κ2) is 14.2. The zero-order valence-corrected chi connectivity index (χ0v) is 22.3. The van der Waals surface area contributed by atoms with E-state index in [2.05, 4.69) is 55.4 Å². The molecule has 0 aromatic heterocycles. The van der Waals surface area contributed by atoms with Gasteiger partial charge >= 0.3 is 0 Å². The fourth-order valence-corrected chi connectivity index (χ4v) is 6.14. The molecular formula is C28H55FO2. The van der Waals surface area contributed by atoms with Crippen molar-refractivity contribution in [2.75, 3.05) is 26.4 Å². The summed E-state index contributed by atoms with van der Waals surface area (Å²) < 4.78 is 28.7. The fourth-order valence-electron chi connectivity index (χ4n) is 6.14. The molecule has 3 heteroatoms. The minimum atomic E-state index is -1.09. The van der Waals surface area contributed by atoms with E-state index in [4.69, 9.17) is 9.47 Å². The van der Waals surface area contributed by atoms with Gasteiger partial charge in [0, 0.05) is 18.6 Å². The molecule has 2 unspecified atom stereocenters. The van der Waals surface area contributed by atoms with Crippen LogP contribution in [-0.4, -0.2) is 32.1 Å². The van der Waals surface area contributed by atoms with Gasteiger partial charge in [0.1, 0.15) is 5.67 Å². The Morgan fingerprint density at radius 2 is 1.23 bits per heavy atom. The number of rotatable bonds is 16. The second-order valence-electron chi connectivity index (χ2n) is 11.9. The van der Waals surface area contributed by atoms with E-state index in [9.17, 15) is 0 Å². The minimum Gasteiger partial charge on any atom is -0.381 e. The molecule has 0 amide bonds. The first-order valence-corrected chi connectivity index (χ1v) is 13.4. The highest BCUT2D eigenvalue weighted by molar-refractivity contribution is 4.94. The van der Waals surface area contributed by atoms with Gasteiger partial charge in [0.2, 0.25) is 0 Å². The lowest BCUT2D eigenvalue weighted by atomic mass is 9.62. The maximum atomic E-state index is 16.2. The van der Waals surface area contributed by atoms with Gasteiger partial charge in [-0.25, -0.2) is 4.39 Å². The largest absolute Gasteiger partial charge is 0.381 e. The van der Waals surface area contributed by atoms with Crippen LogP contribution in [0.2, 0.25) is 0 Å². The van der Waals surface area contributed by atoms with Gasteiger partial charge < -0.3 is 9.47 Å². The fraction of sp³-hybridized carbons (Fsp3) is 1.00. The summed E-state index contributed by atoms with van der Waals surface area (Å²) in [5, 5.41) is 0. The predicted octanol–water partition coefficient (Wildman–Crippen LogP) is 8.48. The third kappa shape index (κ3) is 10.5. The first-order chi connectivity index (χ1) is 14.6. The van der Waals surface area contributed by atoms with E-state index in [1.165, 1.54) is 19.3 Å². The SMILES string of the molecule is CCCOCC(CCC(F)(CC(C)C)CC(C)C)(COCCC)C1CC(C)CC(C)C1. The monoisotopic (exact) mass is 442 g/mol. The van der Waals surface area contributed by atoms with Crippen LogP contribution >= 0.6 is 0 Å². The van der Waals surface area contributed by atoms with E-state index in [1.54, 1.807) is 0 Å². The van der Waals surface area contributed by atoms with Gasteiger partial charge in [-0.05, 0) is 87.4 Å². The minimum absolute atomic E-state index is 0.0709. The highest BCUT2D eigenvalue weighted by Crippen LogP contribution is 2.48. The zero-order chi connectivity index (χ0) is 23.5. The molecule has 186 valence electrons. The van der Waals surface area contributed by atoms with Crippen LogP contribution in [0.1, 0.15) is 113 Å². The van der Waals surface area contributed by atoms with Gasteiger partial charge in [-0.15, -0.1) is 0 Å². The van der Waals surface area contributed by atoms with Crippen molar-refractivity contribution in [2.45, 2.75) is 119 Å². The van der Waals surface area contributed by atoms with Crippen molar-refractivity contribution >= 4 is 0 Å². The molecule has 0 aromatic carbocycles. The number of hydrogen-bond acceptors (Lipinski definition) is 2. The Hall–Kier alpha value is -0.150. The molecule has 0 heterocycles. The highest BCUT2D eigenvalue weighted by atomic mass is 19.1. The van der Waals surface area contributed by atoms with E-state index in [-0.39, 0.29) is 5.41 Å². The molecule has 0 N–H and O–H groups in total. The molecule has 1 rings (SSSR count). The maximum Gasteiger partial charge on any atom is 0.111 e. The van der Waals surface area contributed by atoms with E-state index in [0.29, 0.717) is 50.2 Å². The lowest BCUT2D eigenvalue weighted by Gasteiger charge is -2.47. The van der Waals surface area contributed by atoms with Crippen molar-refractivity contribution in [1.82, 2.24) is 0 Å². The van der Waals surface area contributed by atoms with Gasteiger partial charge in [0.15, 0.2) is 0 Å². The molecule has 1 fully saturated rings. The van der Waals surface area contributed by atoms with Crippen molar-refractivity contribution < 1.29 is 13.9 Å². The number of ether oxygens (including phenoxy) is 2. The molecule has 2 nitrogen and oxygen atoms in total. The van der Waals surface area contributed by atoms with E-state index in [1.807, 2.05) is 0 Å². The predicted molar refractivity (Wildman–Crippen MR) is 132 cm³/mol. The molecular weight excluding hydrogens is 387 g/mol. The van der Waals surface area contributed by atoms with Crippen molar-refractivity contribution in [3.8, 4) is 0 Å². The highest BCUT2D eigenvalue weighted by Gasteiger charge is 2.44. The summed E-state index contributed by atoms with van der Waals surface area (Å²) in [5.41, 5.74) is -1.16. The Morgan fingerprint density at radius 3 is 1.61 bits per heavy atom. The van der Waals surface area contributed by atoms with Crippen molar-refractivity contribution in [1.29, 1.82) is 0 Å². The molecule has 31 heavy (non-hydrogen) atoms. The Balaban J connectivity index is 3.15. The van der Waals surface area contributed by atoms with Gasteiger partial charge in [0.25, 0.3) is 0 Å². The Labute approximate surface area is 194 Å². The summed E-state index contributed by atoms with van der Waals surface area (Å²) in [5.74, 6) is 2.77. The first-order valence-electron chi connectivity index (χ1n) is 13.4. The molecule has 1 saturated carbocycles. The number of halogens is 1. The number of alkyl halides is 1. The average Bonchev–Trinajstić information content (AvgIpc) is 2.64. The summed E-state index contributed by atoms with van der Waals surface area (Å²) in [4.78, 5) is 0. The van der Waals surface area contributed by atoms with Crippen LogP contribution in [0.3, 0.4) is 0 Å². The Bertz CT molecular complexity index is 432. The van der Waals surface area contributed by atoms with Crippen LogP contribution < -0.4 is 0 Å². The van der Waals surface area contributed by atoms with E-state index in [0.717, 1.165) is 44.3 Å². The lowest BCUT2D eigenvalue weighted by molar-refractivity contribution is -0.0870. The molecule has 0 saturated heterocycles. The average molecular weight is 443 g/mol. The molecule has 2 atom stereocenters. The van der Waals surface area contributed by atoms with E-state index >= 15 is 4.39 Å². The van der Waals surface area contributed by atoms with E-state index < -0.39 is 5.67 Å². The smallest absolute Gasteiger partial charge is 0.111 e. The quantitative estimate of drug-likeness (QED) is 0.223. The summed E-state index contributed by atoms with van der Waals surface area (Å²) >= 11 is 0. The van der Waals surface area contributed by atoms with Crippen molar-refractivity contribution in [2.24, 2.45) is 35.0 Å². The molecule has 0 spiro atoms. The topological polar surface area (TPSA) is 18.5 Å². The lowest BCUT2D eigenvalue weighted by Crippen LogP contribution is -2.45. The van der Waals surface area contributed by atoms with Crippen LogP contribution in [0.25, 0.3) is 0 Å². The molecule has 0 aromatic rings. The third-order valence-electron chi connectivity index (χ3n) is 7.14. The summed E-state index contributed by atoms with van der Waals surface area (Å²) in [7, 11) is 0. The summed E-state index contributed by atoms with van der Waals surface area (Å²) in [6.07, 6.45) is 8.63. The molecule has 1 aliphatic rings. The van der Waals surface area contributed by atoms with Crippen LogP contribution in [0.15, 0.2) is 0 Å². The van der Waals surface area contributed by atoms with Gasteiger partial charge in [-0.2, -0.15) is 0 Å². The zero-order valence-electron chi connectivity index (χ0n) is 22.3. The second-order valence-corrected chi connectivity index (χ2v) is 11.9. The van der Waals surface area contributed by atoms with Gasteiger partial charge in [0.05, 0.1) is 13.2 Å². The van der Waals surface area contributed by atoms with Gasteiger partial charge in [-0.3, -0.25) is 0 Å². The van der Waals surface area contributed by atoms with Crippen molar-refractivity contribution in [3.63, 3.8) is 0 Å². The normalized spacial score (nSPS) is 23.1. The molecule has 0 bridgehead atoms. The molecule has 0 aliphatic heterocycles. The van der Waals surface area contributed by atoms with Crippen molar-refractivity contribution in [3.05, 3.63) is 0 Å². The molecule has 0 radical (unpaired) electrons. The Kier molecular flexibility index (Phi) is 13.2. The standard InChI is InChI=1S/C28H55FO2/c1-9-13-30-20-27(21-31-14-10-2,26-16-24(7)15-25(8)17-26)11-12-28(29,18-22(3)4)19-23(5)6/h22-26H,9-21H2,1-8H3. The van der Waals surface area contributed by atoms with Crippen LogP contribution in [0.4, 0.5) is 4.39 Å². The maximum absolute atomic E-state index is 16.2. The summed E-state index contributed by atoms with van der Waals surface area (Å²) in [6.45, 7) is 20.7. The summed E-state index contributed by atoms with van der Waals surface area (Å²) in [6, 6.07) is 0.